The molecule has 1 rings (SSSR count). The Bertz CT molecular complexity index is 268. The van der Waals surface area contributed by atoms with Crippen molar-refractivity contribution in [1.82, 2.24) is 10.6 Å². The zero-order chi connectivity index (χ0) is 12.7. The van der Waals surface area contributed by atoms with Crippen LogP contribution in [0.3, 0.4) is 0 Å². The topological polar surface area (TPSA) is 67.4 Å². The molecule has 0 radical (unpaired) electrons. The molecule has 1 heterocycles. The van der Waals surface area contributed by atoms with Crippen molar-refractivity contribution in [1.29, 1.82) is 0 Å². The maximum Gasteiger partial charge on any atom is 0.305 e. The fourth-order valence-electron chi connectivity index (χ4n) is 2.06. The van der Waals surface area contributed by atoms with Gasteiger partial charge in [-0.05, 0) is 31.7 Å². The summed E-state index contributed by atoms with van der Waals surface area (Å²) in [5.41, 5.74) is 0. The van der Waals surface area contributed by atoms with Crippen LogP contribution in [-0.2, 0) is 14.3 Å². The molecule has 1 amide bonds. The predicted octanol–water partition coefficient (Wildman–Crippen LogP) is 0.444. The number of amides is 1. The molecule has 17 heavy (non-hydrogen) atoms. The van der Waals surface area contributed by atoms with Gasteiger partial charge >= 0.3 is 5.97 Å². The summed E-state index contributed by atoms with van der Waals surface area (Å²) in [5, 5.41) is 6.08. The molecule has 2 N–H and O–H groups in total. The number of hydrogen-bond acceptors (Lipinski definition) is 4. The molecule has 5 nitrogen and oxygen atoms in total. The van der Waals surface area contributed by atoms with E-state index in [0.29, 0.717) is 25.3 Å². The Balaban J connectivity index is 2.18. The summed E-state index contributed by atoms with van der Waals surface area (Å²) < 4.78 is 4.53. The zero-order valence-electron chi connectivity index (χ0n) is 10.6. The van der Waals surface area contributed by atoms with E-state index in [2.05, 4.69) is 22.3 Å². The van der Waals surface area contributed by atoms with Crippen molar-refractivity contribution in [3.05, 3.63) is 0 Å². The molecule has 0 aliphatic carbocycles. The molecule has 0 spiro atoms. The number of carbonyl (C=O) groups is 2. The lowest BCUT2D eigenvalue weighted by molar-refractivity contribution is -0.140. The second-order valence-electron chi connectivity index (χ2n) is 4.52. The lowest BCUT2D eigenvalue weighted by Gasteiger charge is -2.28. The summed E-state index contributed by atoms with van der Waals surface area (Å²) in [6.07, 6.45) is 3.20. The summed E-state index contributed by atoms with van der Waals surface area (Å²) in [5.74, 6) is 0.190. The van der Waals surface area contributed by atoms with Crippen molar-refractivity contribution in [3.63, 3.8) is 0 Å². The van der Waals surface area contributed by atoms with Crippen LogP contribution in [0.5, 0.6) is 0 Å². The van der Waals surface area contributed by atoms with Crippen LogP contribution in [0.4, 0.5) is 0 Å². The highest BCUT2D eigenvalue weighted by Crippen LogP contribution is 2.15. The van der Waals surface area contributed by atoms with Gasteiger partial charge in [0.25, 0.3) is 0 Å². The molecule has 1 fully saturated rings. The SMILES string of the molecule is COC(=O)CCCNC(=O)C1NCCCC1C. The van der Waals surface area contributed by atoms with Gasteiger partial charge in [-0.3, -0.25) is 9.59 Å². The highest BCUT2D eigenvalue weighted by Gasteiger charge is 2.26. The first-order chi connectivity index (χ1) is 8.15. The minimum absolute atomic E-state index is 0.0436. The first-order valence-electron chi connectivity index (χ1n) is 6.23. The molecule has 5 heteroatoms. The molecule has 1 saturated heterocycles. The molecule has 1 aliphatic heterocycles. The van der Waals surface area contributed by atoms with Gasteiger partial charge in [-0.2, -0.15) is 0 Å². The number of rotatable bonds is 5. The van der Waals surface area contributed by atoms with Gasteiger partial charge in [0.1, 0.15) is 0 Å². The van der Waals surface area contributed by atoms with E-state index in [0.717, 1.165) is 19.4 Å². The van der Waals surface area contributed by atoms with Gasteiger partial charge in [0.2, 0.25) is 5.91 Å². The highest BCUT2D eigenvalue weighted by molar-refractivity contribution is 5.82. The highest BCUT2D eigenvalue weighted by atomic mass is 16.5. The molecule has 0 saturated carbocycles. The number of piperidine rings is 1. The lowest BCUT2D eigenvalue weighted by Crippen LogP contribution is -2.51. The Kier molecular flexibility index (Phi) is 5.97. The van der Waals surface area contributed by atoms with Crippen molar-refractivity contribution < 1.29 is 14.3 Å². The van der Waals surface area contributed by atoms with E-state index in [4.69, 9.17) is 0 Å². The predicted molar refractivity (Wildman–Crippen MR) is 64.4 cm³/mol. The average molecular weight is 242 g/mol. The van der Waals surface area contributed by atoms with E-state index < -0.39 is 0 Å². The van der Waals surface area contributed by atoms with Crippen LogP contribution in [0.2, 0.25) is 0 Å². The van der Waals surface area contributed by atoms with Gasteiger partial charge in [0.05, 0.1) is 13.2 Å². The summed E-state index contributed by atoms with van der Waals surface area (Å²) in [6, 6.07) is -0.0816. The minimum Gasteiger partial charge on any atom is -0.469 e. The number of hydrogen-bond donors (Lipinski definition) is 2. The Hall–Kier alpha value is -1.10. The van der Waals surface area contributed by atoms with Crippen molar-refractivity contribution >= 4 is 11.9 Å². The van der Waals surface area contributed by atoms with Crippen molar-refractivity contribution in [3.8, 4) is 0 Å². The molecule has 0 aromatic heterocycles. The molecule has 0 bridgehead atoms. The summed E-state index contributed by atoms with van der Waals surface area (Å²) >= 11 is 0. The number of ether oxygens (including phenoxy) is 1. The first-order valence-corrected chi connectivity index (χ1v) is 6.23. The monoisotopic (exact) mass is 242 g/mol. The first kappa shape index (κ1) is 14.0. The smallest absolute Gasteiger partial charge is 0.305 e. The normalized spacial score (nSPS) is 24.1. The molecule has 0 aromatic rings. The maximum absolute atomic E-state index is 11.8. The van der Waals surface area contributed by atoms with Crippen LogP contribution in [0, 0.1) is 5.92 Å². The van der Waals surface area contributed by atoms with Gasteiger partial charge in [-0.1, -0.05) is 6.92 Å². The molecule has 2 atom stereocenters. The van der Waals surface area contributed by atoms with Crippen molar-refractivity contribution in [2.24, 2.45) is 5.92 Å². The maximum atomic E-state index is 11.8. The van der Waals surface area contributed by atoms with Crippen LogP contribution in [0.25, 0.3) is 0 Å². The second kappa shape index (κ2) is 7.27. The van der Waals surface area contributed by atoms with Crippen molar-refractivity contribution in [2.45, 2.75) is 38.6 Å². The third kappa shape index (κ3) is 4.73. The van der Waals surface area contributed by atoms with Crippen molar-refractivity contribution in [2.75, 3.05) is 20.2 Å². The number of carbonyl (C=O) groups excluding carboxylic acids is 2. The Morgan fingerprint density at radius 2 is 2.24 bits per heavy atom. The Morgan fingerprint density at radius 1 is 1.47 bits per heavy atom. The summed E-state index contributed by atoms with van der Waals surface area (Å²) in [7, 11) is 1.37. The fraction of sp³-hybridized carbons (Fsp3) is 0.833. The van der Waals surface area contributed by atoms with Crippen LogP contribution < -0.4 is 10.6 Å². The number of nitrogens with one attached hydrogen (secondary N) is 2. The molecule has 1 aliphatic rings. The molecule has 0 aromatic carbocycles. The third-order valence-electron chi connectivity index (χ3n) is 3.14. The van der Waals surface area contributed by atoms with Gasteiger partial charge in [0.15, 0.2) is 0 Å². The summed E-state index contributed by atoms with van der Waals surface area (Å²) in [4.78, 5) is 22.7. The summed E-state index contributed by atoms with van der Waals surface area (Å²) in [6.45, 7) is 3.52. The van der Waals surface area contributed by atoms with Crippen LogP contribution in [0.1, 0.15) is 32.6 Å². The fourth-order valence-corrected chi connectivity index (χ4v) is 2.06. The van der Waals surface area contributed by atoms with Gasteiger partial charge in [0, 0.05) is 13.0 Å². The largest absolute Gasteiger partial charge is 0.469 e. The molecule has 98 valence electrons. The van der Waals surface area contributed by atoms with E-state index in [9.17, 15) is 9.59 Å². The van der Waals surface area contributed by atoms with Gasteiger partial charge < -0.3 is 15.4 Å². The lowest BCUT2D eigenvalue weighted by atomic mass is 9.92. The minimum atomic E-state index is -0.233. The molecule has 2 unspecified atom stereocenters. The van der Waals surface area contributed by atoms with Crippen LogP contribution >= 0.6 is 0 Å². The van der Waals surface area contributed by atoms with E-state index >= 15 is 0 Å². The second-order valence-corrected chi connectivity index (χ2v) is 4.52. The quantitative estimate of drug-likeness (QED) is 0.542. The Morgan fingerprint density at radius 3 is 2.88 bits per heavy atom. The molecular weight excluding hydrogens is 220 g/mol. The third-order valence-corrected chi connectivity index (χ3v) is 3.14. The zero-order valence-corrected chi connectivity index (χ0v) is 10.6. The number of methoxy groups -OCH3 is 1. The van der Waals surface area contributed by atoms with E-state index in [-0.39, 0.29) is 17.9 Å². The van der Waals surface area contributed by atoms with Crippen LogP contribution in [0.15, 0.2) is 0 Å². The number of esters is 1. The standard InChI is InChI=1S/C12H22N2O3/c1-9-5-3-7-13-11(9)12(16)14-8-4-6-10(15)17-2/h9,11,13H,3-8H2,1-2H3,(H,14,16). The van der Waals surface area contributed by atoms with E-state index in [1.54, 1.807) is 0 Å². The van der Waals surface area contributed by atoms with Gasteiger partial charge in [-0.15, -0.1) is 0 Å². The Labute approximate surface area is 102 Å². The van der Waals surface area contributed by atoms with E-state index in [1.165, 1.54) is 7.11 Å². The van der Waals surface area contributed by atoms with E-state index in [1.807, 2.05) is 0 Å². The molecular formula is C12H22N2O3. The van der Waals surface area contributed by atoms with Crippen LogP contribution in [-0.4, -0.2) is 38.1 Å². The van der Waals surface area contributed by atoms with Gasteiger partial charge in [-0.25, -0.2) is 0 Å². The average Bonchev–Trinajstić information content (AvgIpc) is 2.34.